The van der Waals surface area contributed by atoms with E-state index >= 15 is 0 Å². The number of hydrogen-bond donors (Lipinski definition) is 1. The molecule has 1 N–H and O–H groups in total. The van der Waals surface area contributed by atoms with Gasteiger partial charge in [-0.2, -0.15) is 0 Å². The van der Waals surface area contributed by atoms with Gasteiger partial charge in [0.05, 0.1) is 5.41 Å². The van der Waals surface area contributed by atoms with E-state index < -0.39 is 0 Å². The van der Waals surface area contributed by atoms with E-state index in [4.69, 9.17) is 0 Å². The zero-order valence-corrected chi connectivity index (χ0v) is 11.4. The van der Waals surface area contributed by atoms with Crippen molar-refractivity contribution in [3.63, 3.8) is 0 Å². The van der Waals surface area contributed by atoms with Crippen molar-refractivity contribution < 1.29 is 4.79 Å². The van der Waals surface area contributed by atoms with Crippen LogP contribution in [0.25, 0.3) is 0 Å². The Hall–Kier alpha value is -1.06. The van der Waals surface area contributed by atoms with Crippen LogP contribution >= 0.6 is 12.4 Å². The lowest BCUT2D eigenvalue weighted by Gasteiger charge is -2.22. The van der Waals surface area contributed by atoms with Gasteiger partial charge >= 0.3 is 0 Å². The van der Waals surface area contributed by atoms with E-state index in [0.29, 0.717) is 0 Å². The third-order valence-corrected chi connectivity index (χ3v) is 4.01. The third-order valence-electron chi connectivity index (χ3n) is 4.01. The van der Waals surface area contributed by atoms with Gasteiger partial charge in [-0.3, -0.25) is 4.79 Å². The molecule has 1 aromatic carbocycles. The summed E-state index contributed by atoms with van der Waals surface area (Å²) >= 11 is 0. The molecule has 0 bridgehead atoms. The summed E-state index contributed by atoms with van der Waals surface area (Å²) in [6, 6.07) is 8.12. The summed E-state index contributed by atoms with van der Waals surface area (Å²) in [5.74, 6) is 0.192. The van der Waals surface area contributed by atoms with Crippen LogP contribution < -0.4 is 5.32 Å². The number of rotatable bonds is 2. The number of benzene rings is 1. The maximum absolute atomic E-state index is 12.3. The summed E-state index contributed by atoms with van der Waals surface area (Å²) < 4.78 is 0. The van der Waals surface area contributed by atoms with Crippen molar-refractivity contribution in [3.05, 3.63) is 29.8 Å². The van der Waals surface area contributed by atoms with Crippen molar-refractivity contribution in [1.29, 1.82) is 0 Å². The molecule has 2 aliphatic rings. The predicted octanol–water partition coefficient (Wildman–Crippen LogP) is 2.41. The first kappa shape index (κ1) is 13.4. The van der Waals surface area contributed by atoms with E-state index in [-0.39, 0.29) is 23.7 Å². The quantitative estimate of drug-likeness (QED) is 0.892. The Kier molecular flexibility index (Phi) is 3.64. The molecule has 3 nitrogen and oxygen atoms in total. The lowest BCUT2D eigenvalue weighted by molar-refractivity contribution is -0.120. The largest absolute Gasteiger partial charge is 0.325 e. The van der Waals surface area contributed by atoms with Crippen LogP contribution in [0.3, 0.4) is 0 Å². The first-order valence-corrected chi connectivity index (χ1v) is 6.39. The SMILES string of the molecule is CCCN1CCC2(C1)C(=O)Nc1ccccc12.Cl. The number of likely N-dealkylation sites (tertiary alicyclic amines) is 1. The second kappa shape index (κ2) is 4.90. The van der Waals surface area contributed by atoms with E-state index in [1.54, 1.807) is 0 Å². The minimum Gasteiger partial charge on any atom is -0.325 e. The molecule has 0 saturated carbocycles. The number of hydrogen-bond acceptors (Lipinski definition) is 2. The zero-order valence-electron chi connectivity index (χ0n) is 10.6. The van der Waals surface area contributed by atoms with Gasteiger partial charge in [0.1, 0.15) is 0 Å². The van der Waals surface area contributed by atoms with Gasteiger partial charge in [-0.1, -0.05) is 25.1 Å². The molecule has 2 heterocycles. The van der Waals surface area contributed by atoms with Crippen LogP contribution in [0.2, 0.25) is 0 Å². The van der Waals surface area contributed by atoms with Crippen molar-refractivity contribution in [2.75, 3.05) is 25.0 Å². The first-order chi connectivity index (χ1) is 8.26. The highest BCUT2D eigenvalue weighted by molar-refractivity contribution is 6.06. The Balaban J connectivity index is 0.00000120. The standard InChI is InChI=1S/C14H18N2O.ClH/c1-2-8-16-9-7-14(10-16)11-5-3-4-6-12(11)15-13(14)17;/h3-6H,2,7-10H2,1H3,(H,15,17);1H. The second-order valence-electron chi connectivity index (χ2n) is 5.11. The molecular weight excluding hydrogens is 248 g/mol. The van der Waals surface area contributed by atoms with E-state index in [1.165, 1.54) is 5.56 Å². The molecule has 1 spiro atoms. The summed E-state index contributed by atoms with van der Waals surface area (Å²) in [6.07, 6.45) is 2.11. The number of nitrogens with zero attached hydrogens (tertiary/aromatic N) is 1. The number of halogens is 1. The maximum Gasteiger partial charge on any atom is 0.236 e. The highest BCUT2D eigenvalue weighted by atomic mass is 35.5. The Labute approximate surface area is 114 Å². The number of para-hydroxylation sites is 1. The average molecular weight is 267 g/mol. The van der Waals surface area contributed by atoms with Crippen molar-refractivity contribution in [1.82, 2.24) is 4.90 Å². The molecular formula is C14H19ClN2O. The normalized spacial score (nSPS) is 25.9. The molecule has 0 aromatic heterocycles. The molecule has 1 atom stereocenters. The molecule has 1 saturated heterocycles. The number of nitrogens with one attached hydrogen (secondary N) is 1. The van der Waals surface area contributed by atoms with Gasteiger partial charge in [-0.15, -0.1) is 12.4 Å². The summed E-state index contributed by atoms with van der Waals surface area (Å²) in [5, 5.41) is 3.03. The number of anilines is 1. The molecule has 0 aliphatic carbocycles. The van der Waals surface area contributed by atoms with Gasteiger partial charge in [-0.25, -0.2) is 0 Å². The van der Waals surface area contributed by atoms with Crippen LogP contribution in [-0.4, -0.2) is 30.4 Å². The van der Waals surface area contributed by atoms with Crippen LogP contribution in [-0.2, 0) is 10.2 Å². The van der Waals surface area contributed by atoms with Crippen molar-refractivity contribution >= 4 is 24.0 Å². The molecule has 1 aromatic rings. The van der Waals surface area contributed by atoms with Gasteiger partial charge in [0.2, 0.25) is 5.91 Å². The second-order valence-corrected chi connectivity index (χ2v) is 5.11. The van der Waals surface area contributed by atoms with Gasteiger partial charge in [-0.05, 0) is 37.6 Å². The van der Waals surface area contributed by atoms with Crippen molar-refractivity contribution in [2.45, 2.75) is 25.2 Å². The molecule has 0 radical (unpaired) electrons. The first-order valence-electron chi connectivity index (χ1n) is 6.39. The molecule has 1 amide bonds. The van der Waals surface area contributed by atoms with Gasteiger partial charge in [0.25, 0.3) is 0 Å². The van der Waals surface area contributed by atoms with Gasteiger partial charge in [0, 0.05) is 12.2 Å². The topological polar surface area (TPSA) is 32.3 Å². The molecule has 4 heteroatoms. The maximum atomic E-state index is 12.3. The van der Waals surface area contributed by atoms with E-state index in [9.17, 15) is 4.79 Å². The third kappa shape index (κ3) is 1.82. The number of amides is 1. The smallest absolute Gasteiger partial charge is 0.236 e. The highest BCUT2D eigenvalue weighted by Gasteiger charge is 2.50. The summed E-state index contributed by atoms with van der Waals surface area (Å²) in [5.41, 5.74) is 1.94. The molecule has 2 aliphatic heterocycles. The fourth-order valence-corrected chi connectivity index (χ4v) is 3.17. The Morgan fingerprint density at radius 1 is 1.39 bits per heavy atom. The lowest BCUT2D eigenvalue weighted by Crippen LogP contribution is -2.37. The van der Waals surface area contributed by atoms with Crippen LogP contribution in [0.15, 0.2) is 24.3 Å². The Morgan fingerprint density at radius 3 is 2.94 bits per heavy atom. The van der Waals surface area contributed by atoms with Crippen LogP contribution in [0.1, 0.15) is 25.3 Å². The Bertz CT molecular complexity index is 463. The summed E-state index contributed by atoms with van der Waals surface area (Å²) in [4.78, 5) is 14.7. The summed E-state index contributed by atoms with van der Waals surface area (Å²) in [6.45, 7) is 5.20. The van der Waals surface area contributed by atoms with Gasteiger partial charge < -0.3 is 10.2 Å². The predicted molar refractivity (Wildman–Crippen MR) is 75.3 cm³/mol. The molecule has 1 fully saturated rings. The molecule has 1 unspecified atom stereocenters. The average Bonchev–Trinajstić information content (AvgIpc) is 2.86. The van der Waals surface area contributed by atoms with Crippen molar-refractivity contribution in [3.8, 4) is 0 Å². The molecule has 3 rings (SSSR count). The zero-order chi connectivity index (χ0) is 11.9. The van der Waals surface area contributed by atoms with E-state index in [0.717, 1.165) is 38.2 Å². The van der Waals surface area contributed by atoms with Crippen LogP contribution in [0.5, 0.6) is 0 Å². The van der Waals surface area contributed by atoms with Crippen LogP contribution in [0.4, 0.5) is 5.69 Å². The van der Waals surface area contributed by atoms with Crippen LogP contribution in [0, 0.1) is 0 Å². The number of fused-ring (bicyclic) bond motifs is 2. The number of carbonyl (C=O) groups excluding carboxylic acids is 1. The summed E-state index contributed by atoms with van der Waals surface area (Å²) in [7, 11) is 0. The monoisotopic (exact) mass is 266 g/mol. The fourth-order valence-electron chi connectivity index (χ4n) is 3.17. The number of carbonyl (C=O) groups is 1. The highest BCUT2D eigenvalue weighted by Crippen LogP contribution is 2.43. The Morgan fingerprint density at radius 2 is 2.17 bits per heavy atom. The minimum absolute atomic E-state index is 0. The lowest BCUT2D eigenvalue weighted by atomic mass is 9.81. The van der Waals surface area contributed by atoms with Crippen molar-refractivity contribution in [2.24, 2.45) is 0 Å². The van der Waals surface area contributed by atoms with E-state index in [2.05, 4.69) is 23.2 Å². The fraction of sp³-hybridized carbons (Fsp3) is 0.500. The minimum atomic E-state index is -0.272. The van der Waals surface area contributed by atoms with E-state index in [1.807, 2.05) is 18.2 Å². The molecule has 18 heavy (non-hydrogen) atoms. The molecule has 98 valence electrons. The van der Waals surface area contributed by atoms with Gasteiger partial charge in [0.15, 0.2) is 0 Å².